The number of thiocarbonyl (C=S) groups is 1. The van der Waals surface area contributed by atoms with Crippen LogP contribution in [0.15, 0.2) is 75.6 Å². The number of hydrogen-bond acceptors (Lipinski definition) is 6. The topological polar surface area (TPSA) is 101 Å². The van der Waals surface area contributed by atoms with E-state index in [2.05, 4.69) is 29.5 Å². The third-order valence-electron chi connectivity index (χ3n) is 5.83. The first-order chi connectivity index (χ1) is 18.2. The predicted octanol–water partition coefficient (Wildman–Crippen LogP) is 8.02. The van der Waals surface area contributed by atoms with Crippen molar-refractivity contribution in [3.05, 3.63) is 88.1 Å². The van der Waals surface area contributed by atoms with Gasteiger partial charge in [0.2, 0.25) is 5.89 Å². The lowest BCUT2D eigenvalue weighted by Gasteiger charge is -2.10. The van der Waals surface area contributed by atoms with E-state index in [1.807, 2.05) is 18.2 Å². The zero-order valence-corrected chi connectivity index (χ0v) is 22.5. The predicted molar refractivity (Wildman–Crippen MR) is 153 cm³/mol. The van der Waals surface area contributed by atoms with Crippen molar-refractivity contribution in [3.63, 3.8) is 0 Å². The Morgan fingerprint density at radius 1 is 0.974 bits per heavy atom. The van der Waals surface area contributed by atoms with Crippen LogP contribution in [-0.2, 0) is 0 Å². The number of carbonyl (C=O) groups is 1. The van der Waals surface area contributed by atoms with Crippen LogP contribution in [0.25, 0.3) is 33.9 Å². The highest BCUT2D eigenvalue weighted by molar-refractivity contribution is 7.80. The maximum Gasteiger partial charge on any atom is 0.293 e. The zero-order chi connectivity index (χ0) is 27.0. The van der Waals surface area contributed by atoms with Crippen molar-refractivity contribution in [3.8, 4) is 28.5 Å². The maximum atomic E-state index is 12.6. The molecular weight excluding hydrogens is 545 g/mol. The van der Waals surface area contributed by atoms with Crippen molar-refractivity contribution in [2.45, 2.75) is 19.8 Å². The minimum atomic E-state index is -0.540. The van der Waals surface area contributed by atoms with Crippen molar-refractivity contribution in [2.75, 3.05) is 5.32 Å². The van der Waals surface area contributed by atoms with Gasteiger partial charge in [-0.25, -0.2) is 4.98 Å². The molecule has 0 atom stereocenters. The highest BCUT2D eigenvalue weighted by Gasteiger charge is 2.17. The summed E-state index contributed by atoms with van der Waals surface area (Å²) < 4.78 is 11.5. The summed E-state index contributed by atoms with van der Waals surface area (Å²) in [6, 6.07) is 18.9. The molecule has 192 valence electrons. The molecule has 2 aromatic heterocycles. The van der Waals surface area contributed by atoms with Crippen LogP contribution in [-0.4, -0.2) is 21.1 Å². The van der Waals surface area contributed by atoms with Gasteiger partial charge in [-0.3, -0.25) is 10.1 Å². The summed E-state index contributed by atoms with van der Waals surface area (Å²) in [5.41, 5.74) is 4.07. The Balaban J connectivity index is 1.26. The lowest BCUT2D eigenvalue weighted by Crippen LogP contribution is -2.33. The van der Waals surface area contributed by atoms with E-state index in [-0.39, 0.29) is 16.6 Å². The van der Waals surface area contributed by atoms with E-state index in [4.69, 9.17) is 44.3 Å². The Hall–Kier alpha value is -3.85. The Morgan fingerprint density at radius 2 is 1.79 bits per heavy atom. The summed E-state index contributed by atoms with van der Waals surface area (Å²) >= 11 is 17.3. The van der Waals surface area contributed by atoms with Crippen molar-refractivity contribution in [1.82, 2.24) is 10.3 Å². The summed E-state index contributed by atoms with van der Waals surface area (Å²) in [4.78, 5) is 17.1. The average Bonchev–Trinajstić information content (AvgIpc) is 3.53. The molecule has 0 radical (unpaired) electrons. The van der Waals surface area contributed by atoms with Gasteiger partial charge < -0.3 is 19.3 Å². The molecule has 0 spiro atoms. The number of phenolic OH excluding ortho intramolecular Hbond substituents is 1. The van der Waals surface area contributed by atoms with Gasteiger partial charge in [0.15, 0.2) is 16.5 Å². The SMILES string of the molecule is CC(C)c1ccc2oc(-c3ccc(NC(=S)NC(=O)c4ccc(-c5ccc(Cl)c(Cl)c5)o4)cc3O)nc2c1. The number of aromatic nitrogens is 1. The number of phenols is 1. The van der Waals surface area contributed by atoms with Gasteiger partial charge in [-0.2, -0.15) is 0 Å². The second-order valence-electron chi connectivity index (χ2n) is 8.83. The number of rotatable bonds is 5. The Labute approximate surface area is 233 Å². The van der Waals surface area contributed by atoms with Crippen LogP contribution in [0.5, 0.6) is 5.75 Å². The lowest BCUT2D eigenvalue weighted by molar-refractivity contribution is 0.0951. The molecule has 38 heavy (non-hydrogen) atoms. The van der Waals surface area contributed by atoms with Gasteiger partial charge in [-0.15, -0.1) is 0 Å². The van der Waals surface area contributed by atoms with Crippen molar-refractivity contribution < 1.29 is 18.7 Å². The molecule has 0 unspecified atom stereocenters. The summed E-state index contributed by atoms with van der Waals surface area (Å²) in [5.74, 6) is 0.577. The average molecular weight is 566 g/mol. The van der Waals surface area contributed by atoms with E-state index in [0.717, 1.165) is 11.1 Å². The molecule has 0 saturated carbocycles. The van der Waals surface area contributed by atoms with Gasteiger partial charge in [-0.1, -0.05) is 43.1 Å². The minimum absolute atomic E-state index is 0.0257. The molecular formula is C28H21Cl2N3O4S. The van der Waals surface area contributed by atoms with Gasteiger partial charge in [0, 0.05) is 17.3 Å². The van der Waals surface area contributed by atoms with Crippen LogP contribution in [0.1, 0.15) is 35.9 Å². The molecule has 5 rings (SSSR count). The first kappa shape index (κ1) is 25.8. The monoisotopic (exact) mass is 565 g/mol. The number of aromatic hydroxyl groups is 1. The Morgan fingerprint density at radius 3 is 2.53 bits per heavy atom. The van der Waals surface area contributed by atoms with Crippen molar-refractivity contribution in [1.29, 1.82) is 0 Å². The first-order valence-corrected chi connectivity index (χ1v) is 12.8. The molecule has 1 amide bonds. The number of anilines is 1. The third kappa shape index (κ3) is 5.38. The molecule has 5 aromatic rings. The number of halogens is 2. The second kappa shape index (κ2) is 10.5. The summed E-state index contributed by atoms with van der Waals surface area (Å²) in [5, 5.41) is 16.9. The standard InChI is InChI=1S/C28H21Cl2N3O4S/c1-14(2)15-4-8-24-21(12-15)32-27(37-24)18-6-5-17(13-22(18)34)31-28(38)33-26(35)25-10-9-23(36-25)16-3-7-19(29)20(30)11-16/h3-14,34H,1-2H3,(H2,31,33,35,38). The summed E-state index contributed by atoms with van der Waals surface area (Å²) in [6.07, 6.45) is 0. The fourth-order valence-electron chi connectivity index (χ4n) is 3.80. The van der Waals surface area contributed by atoms with E-state index < -0.39 is 5.91 Å². The highest BCUT2D eigenvalue weighted by Crippen LogP contribution is 2.34. The quantitative estimate of drug-likeness (QED) is 0.185. The number of carbonyl (C=O) groups excluding carboxylic acids is 1. The minimum Gasteiger partial charge on any atom is -0.507 e. The van der Waals surface area contributed by atoms with Crippen LogP contribution >= 0.6 is 35.4 Å². The van der Waals surface area contributed by atoms with Gasteiger partial charge in [-0.05, 0) is 78.3 Å². The lowest BCUT2D eigenvalue weighted by atomic mass is 10.0. The van der Waals surface area contributed by atoms with E-state index in [0.29, 0.717) is 50.0 Å². The fourth-order valence-corrected chi connectivity index (χ4v) is 4.31. The number of amides is 1. The number of nitrogens with zero attached hydrogens (tertiary/aromatic N) is 1. The molecule has 0 fully saturated rings. The normalized spacial score (nSPS) is 11.2. The van der Waals surface area contributed by atoms with E-state index >= 15 is 0 Å². The molecule has 7 nitrogen and oxygen atoms in total. The smallest absolute Gasteiger partial charge is 0.293 e. The van der Waals surface area contributed by atoms with Crippen molar-refractivity contribution in [2.24, 2.45) is 0 Å². The number of benzene rings is 3. The molecule has 2 heterocycles. The van der Waals surface area contributed by atoms with Crippen LogP contribution in [0, 0.1) is 0 Å². The summed E-state index contributed by atoms with van der Waals surface area (Å²) in [7, 11) is 0. The zero-order valence-electron chi connectivity index (χ0n) is 20.2. The van der Waals surface area contributed by atoms with Crippen molar-refractivity contribution >= 4 is 63.2 Å². The maximum absolute atomic E-state index is 12.6. The highest BCUT2D eigenvalue weighted by atomic mass is 35.5. The molecule has 3 N–H and O–H groups in total. The van der Waals surface area contributed by atoms with Crippen LogP contribution in [0.4, 0.5) is 5.69 Å². The van der Waals surface area contributed by atoms with Gasteiger partial charge in [0.25, 0.3) is 5.91 Å². The second-order valence-corrected chi connectivity index (χ2v) is 10.1. The first-order valence-electron chi connectivity index (χ1n) is 11.6. The van der Waals surface area contributed by atoms with Crippen LogP contribution < -0.4 is 10.6 Å². The number of oxazole rings is 1. The largest absolute Gasteiger partial charge is 0.507 e. The van der Waals surface area contributed by atoms with E-state index in [9.17, 15) is 9.90 Å². The summed E-state index contributed by atoms with van der Waals surface area (Å²) in [6.45, 7) is 4.21. The van der Waals surface area contributed by atoms with Gasteiger partial charge in [0.05, 0.1) is 15.6 Å². The van der Waals surface area contributed by atoms with Crippen LogP contribution in [0.3, 0.4) is 0 Å². The molecule has 0 aliphatic carbocycles. The number of nitrogens with one attached hydrogen (secondary N) is 2. The van der Waals surface area contributed by atoms with Gasteiger partial charge in [0.1, 0.15) is 17.0 Å². The van der Waals surface area contributed by atoms with E-state index in [1.165, 1.54) is 12.1 Å². The van der Waals surface area contributed by atoms with Gasteiger partial charge >= 0.3 is 0 Å². The fraction of sp³-hybridized carbons (Fsp3) is 0.107. The Kier molecular flexibility index (Phi) is 7.12. The number of fused-ring (bicyclic) bond motifs is 1. The molecule has 0 aliphatic heterocycles. The van der Waals surface area contributed by atoms with E-state index in [1.54, 1.807) is 36.4 Å². The number of hydrogen-bond donors (Lipinski definition) is 3. The molecule has 0 saturated heterocycles. The molecule has 10 heteroatoms. The third-order valence-corrected chi connectivity index (χ3v) is 6.77. The Bertz CT molecular complexity index is 1690. The molecule has 0 bridgehead atoms. The number of furan rings is 1. The molecule has 0 aliphatic rings. The van der Waals surface area contributed by atoms with Crippen LogP contribution in [0.2, 0.25) is 10.0 Å². The molecule has 3 aromatic carbocycles.